The summed E-state index contributed by atoms with van der Waals surface area (Å²) in [5, 5.41) is 0. The molecule has 2 rings (SSSR count). The first kappa shape index (κ1) is 16.3. The molecule has 0 aliphatic heterocycles. The van der Waals surface area contributed by atoms with Gasteiger partial charge in [-0.1, -0.05) is 0 Å². The van der Waals surface area contributed by atoms with Gasteiger partial charge in [-0.25, -0.2) is 0 Å². The van der Waals surface area contributed by atoms with Gasteiger partial charge >= 0.3 is 94.0 Å². The Balaban J connectivity index is 0.00000112. The van der Waals surface area contributed by atoms with Gasteiger partial charge < -0.3 is 24.8 Å². The Kier molecular flexibility index (Phi) is 7.00. The van der Waals surface area contributed by atoms with E-state index >= 15 is 0 Å². The zero-order valence-electron chi connectivity index (χ0n) is 9.69. The Labute approximate surface area is 118 Å². The largest absolute Gasteiger partial charge is 1.00 e. The minimum atomic E-state index is -1.80. The predicted octanol–water partition coefficient (Wildman–Crippen LogP) is -2.49. The van der Waals surface area contributed by atoms with Crippen molar-refractivity contribution in [3.8, 4) is 0 Å². The third-order valence-electron chi connectivity index (χ3n) is 3.06. The van der Waals surface area contributed by atoms with Crippen LogP contribution in [-0.4, -0.2) is 4.26 Å². The summed E-state index contributed by atoms with van der Waals surface area (Å²) >= 11 is -1.80. The van der Waals surface area contributed by atoms with E-state index < -0.39 is 21.0 Å². The van der Waals surface area contributed by atoms with E-state index in [1.54, 1.807) is 6.66 Å². The maximum Gasteiger partial charge on any atom is -1.00 e. The molecular formula is C13H16Cl2Hf. The summed E-state index contributed by atoms with van der Waals surface area (Å²) in [7, 11) is 0. The van der Waals surface area contributed by atoms with Crippen LogP contribution in [0.25, 0.3) is 0 Å². The molecule has 0 N–H and O–H groups in total. The van der Waals surface area contributed by atoms with E-state index in [1.807, 2.05) is 0 Å². The predicted molar refractivity (Wildman–Crippen MR) is 60.0 cm³/mol. The number of hydrogen-bond donors (Lipinski definition) is 0. The molecule has 0 bridgehead atoms. The van der Waals surface area contributed by atoms with E-state index in [-0.39, 0.29) is 24.8 Å². The molecular weight excluding hydrogens is 406 g/mol. The first-order valence-electron chi connectivity index (χ1n) is 5.12. The van der Waals surface area contributed by atoms with Gasteiger partial charge in [0.05, 0.1) is 0 Å². The smallest absolute Gasteiger partial charge is 1.00 e. The Bertz CT molecular complexity index is 374. The van der Waals surface area contributed by atoms with E-state index in [4.69, 9.17) is 0 Å². The molecule has 0 aromatic rings. The van der Waals surface area contributed by atoms with E-state index in [1.165, 1.54) is 24.0 Å². The zero-order chi connectivity index (χ0) is 10.1. The van der Waals surface area contributed by atoms with E-state index in [9.17, 15) is 0 Å². The second-order valence-corrected chi connectivity index (χ2v) is 11.8. The fraction of sp³-hybridized carbons (Fsp3) is 0.308. The minimum Gasteiger partial charge on any atom is -1.00 e. The van der Waals surface area contributed by atoms with Gasteiger partial charge in [0.15, 0.2) is 0 Å². The fourth-order valence-corrected chi connectivity index (χ4v) is 10.1. The molecule has 3 heteroatoms. The Morgan fingerprint density at radius 2 is 1.31 bits per heavy atom. The average Bonchev–Trinajstić information content (AvgIpc) is 2.73. The van der Waals surface area contributed by atoms with Crippen LogP contribution in [0, 0.1) is 0 Å². The van der Waals surface area contributed by atoms with E-state index in [0.29, 0.717) is 0 Å². The molecule has 0 radical (unpaired) electrons. The van der Waals surface area contributed by atoms with Crippen LogP contribution in [0.2, 0.25) is 0 Å². The maximum atomic E-state index is 4.52. The third kappa shape index (κ3) is 3.15. The van der Waals surface area contributed by atoms with Crippen LogP contribution in [0.5, 0.6) is 0 Å². The van der Waals surface area contributed by atoms with Crippen LogP contribution in [0.15, 0.2) is 42.1 Å². The Hall–Kier alpha value is 0.280. The Morgan fingerprint density at radius 1 is 0.938 bits per heavy atom. The van der Waals surface area contributed by atoms with Gasteiger partial charge in [0.25, 0.3) is 0 Å². The summed E-state index contributed by atoms with van der Waals surface area (Å²) in [6, 6.07) is 0. The number of allylic oxidation sites excluding steroid dienone is 8. The molecule has 0 unspecified atom stereocenters. The van der Waals surface area contributed by atoms with Crippen molar-refractivity contribution in [1.29, 1.82) is 0 Å². The third-order valence-corrected chi connectivity index (χ3v) is 12.6. The van der Waals surface area contributed by atoms with Gasteiger partial charge in [-0.05, 0) is 0 Å². The summed E-state index contributed by atoms with van der Waals surface area (Å²) in [5.74, 6) is 0. The fourth-order valence-electron chi connectivity index (χ4n) is 2.13. The molecule has 0 amide bonds. The normalized spacial score (nSPS) is 17.1. The topological polar surface area (TPSA) is 0 Å². The summed E-state index contributed by atoms with van der Waals surface area (Å²) < 4.78 is 7.95. The van der Waals surface area contributed by atoms with Gasteiger partial charge in [0.2, 0.25) is 0 Å². The van der Waals surface area contributed by atoms with Gasteiger partial charge in [0.1, 0.15) is 0 Å². The summed E-state index contributed by atoms with van der Waals surface area (Å²) in [6.07, 6.45) is 11.5. The van der Waals surface area contributed by atoms with Crippen molar-refractivity contribution >= 4 is 4.26 Å². The number of rotatable bonds is 2. The van der Waals surface area contributed by atoms with Crippen molar-refractivity contribution < 1.29 is 45.8 Å². The van der Waals surface area contributed by atoms with Gasteiger partial charge in [0, 0.05) is 0 Å². The van der Waals surface area contributed by atoms with Gasteiger partial charge in [-0.15, -0.1) is 0 Å². The van der Waals surface area contributed by atoms with Crippen molar-refractivity contribution in [3.63, 3.8) is 0 Å². The molecule has 0 spiro atoms. The van der Waals surface area contributed by atoms with Crippen LogP contribution in [-0.2, 0) is 21.0 Å². The zero-order valence-corrected chi connectivity index (χ0v) is 14.8. The molecule has 0 aromatic heterocycles. The van der Waals surface area contributed by atoms with Crippen molar-refractivity contribution in [3.05, 3.63) is 42.1 Å². The van der Waals surface area contributed by atoms with Crippen molar-refractivity contribution in [2.24, 2.45) is 0 Å². The van der Waals surface area contributed by atoms with Crippen molar-refractivity contribution in [1.82, 2.24) is 0 Å². The van der Waals surface area contributed by atoms with Gasteiger partial charge in [-0.2, -0.15) is 0 Å². The van der Waals surface area contributed by atoms with Gasteiger partial charge in [-0.3, -0.25) is 0 Å². The molecule has 0 nitrogen and oxygen atoms in total. The molecule has 0 aromatic carbocycles. The number of hydrogen-bond acceptors (Lipinski definition) is 0. The van der Waals surface area contributed by atoms with Crippen molar-refractivity contribution in [2.45, 2.75) is 26.7 Å². The number of halogens is 2. The molecule has 0 atom stereocenters. The second-order valence-electron chi connectivity index (χ2n) is 4.01. The maximum absolute atomic E-state index is 4.52. The van der Waals surface area contributed by atoms with Crippen LogP contribution in [0.4, 0.5) is 0 Å². The Morgan fingerprint density at radius 3 is 1.56 bits per heavy atom. The molecule has 0 fully saturated rings. The molecule has 2 aliphatic rings. The first-order valence-corrected chi connectivity index (χ1v) is 11.3. The molecule has 0 saturated heterocycles. The second kappa shape index (κ2) is 6.88. The monoisotopic (exact) mass is 422 g/mol. The standard InChI is InChI=1S/2C6H7.CH2.2ClH.Hf/c2*1-6-4-2-3-5-6;;;;/h2*2,4H,3H2,1H3;1H2;2*1H;/q;;;;;+2/p-2. The summed E-state index contributed by atoms with van der Waals surface area (Å²) in [4.78, 5) is 0. The summed E-state index contributed by atoms with van der Waals surface area (Å²) in [5.41, 5.74) is 3.02. The van der Waals surface area contributed by atoms with Crippen molar-refractivity contribution in [2.75, 3.05) is 0 Å². The van der Waals surface area contributed by atoms with Crippen LogP contribution < -0.4 is 24.8 Å². The van der Waals surface area contributed by atoms with Crippen LogP contribution in [0.3, 0.4) is 0 Å². The van der Waals surface area contributed by atoms with Crippen LogP contribution in [0.1, 0.15) is 26.7 Å². The average molecular weight is 422 g/mol. The molecule has 0 saturated carbocycles. The van der Waals surface area contributed by atoms with Crippen LogP contribution >= 0.6 is 0 Å². The van der Waals surface area contributed by atoms with E-state index in [2.05, 4.69) is 42.4 Å². The first-order chi connectivity index (χ1) is 6.70. The molecule has 2 aliphatic carbocycles. The van der Waals surface area contributed by atoms with E-state index in [0.717, 1.165) is 0 Å². The molecule has 16 heavy (non-hydrogen) atoms. The molecule has 86 valence electrons. The minimum absolute atomic E-state index is 0. The molecule has 0 heterocycles. The quantitative estimate of drug-likeness (QED) is 0.433. The summed E-state index contributed by atoms with van der Waals surface area (Å²) in [6.45, 7) is 4.49. The SMILES string of the molecule is [CH2]=[Hf+2]([C]1=C(C)C=CC1)[C]1=C(C)C=CC1.[Cl-].[Cl-].